The largest absolute Gasteiger partial charge is 0.348 e. The molecule has 1 unspecified atom stereocenters. The van der Waals surface area contributed by atoms with E-state index in [0.717, 1.165) is 10.2 Å². The predicted octanol–water partition coefficient (Wildman–Crippen LogP) is 5.13. The average Bonchev–Trinajstić information content (AvgIpc) is 2.75. The molecule has 2 aromatic heterocycles. The minimum atomic E-state index is 0.127. The van der Waals surface area contributed by atoms with Gasteiger partial charge in [0, 0.05) is 4.88 Å². The van der Waals surface area contributed by atoms with Crippen molar-refractivity contribution < 1.29 is 0 Å². The summed E-state index contributed by atoms with van der Waals surface area (Å²) in [6, 6.07) is 10.3. The van der Waals surface area contributed by atoms with Gasteiger partial charge in [-0.2, -0.15) is 0 Å². The first-order valence-corrected chi connectivity index (χ1v) is 8.00. The van der Waals surface area contributed by atoms with Gasteiger partial charge >= 0.3 is 0 Å². The highest BCUT2D eigenvalue weighted by atomic mass is 35.5. The minimum absolute atomic E-state index is 0.127. The van der Waals surface area contributed by atoms with Crippen LogP contribution in [0.1, 0.15) is 29.0 Å². The van der Waals surface area contributed by atoms with Crippen molar-refractivity contribution in [2.45, 2.75) is 26.8 Å². The van der Waals surface area contributed by atoms with Crippen molar-refractivity contribution in [3.8, 4) is 0 Å². The highest BCUT2D eigenvalue weighted by molar-refractivity contribution is 7.18. The number of halogens is 1. The molecule has 1 N–H and O–H groups in total. The lowest BCUT2D eigenvalue weighted by Gasteiger charge is -2.14. The number of aryl methyl sites for hydroxylation is 2. The number of nitrogens with zero attached hydrogens (tertiary/aromatic N) is 2. The summed E-state index contributed by atoms with van der Waals surface area (Å²) in [6.07, 6.45) is 0. The van der Waals surface area contributed by atoms with E-state index in [0.29, 0.717) is 11.1 Å². The molecule has 21 heavy (non-hydrogen) atoms. The van der Waals surface area contributed by atoms with Crippen LogP contribution in [0.15, 0.2) is 30.3 Å². The van der Waals surface area contributed by atoms with Gasteiger partial charge in [-0.1, -0.05) is 41.9 Å². The van der Waals surface area contributed by atoms with Gasteiger partial charge in [-0.15, -0.1) is 11.3 Å². The molecule has 1 aromatic carbocycles. The van der Waals surface area contributed by atoms with Crippen LogP contribution in [0.25, 0.3) is 10.2 Å². The minimum Gasteiger partial charge on any atom is -0.348 e. The standard InChI is InChI=1S/C16H16ClN3S/c1-9-11(3)21-15-13(9)14(17)19-16(20-15)18-10(2)12-7-5-4-6-8-12/h4-8,10H,1-3H3,(H,18,19,20). The molecule has 3 nitrogen and oxygen atoms in total. The van der Waals surface area contributed by atoms with Gasteiger partial charge in [0.1, 0.15) is 9.98 Å². The smallest absolute Gasteiger partial charge is 0.225 e. The Morgan fingerprint density at radius 2 is 1.86 bits per heavy atom. The van der Waals surface area contributed by atoms with E-state index in [2.05, 4.69) is 48.2 Å². The van der Waals surface area contributed by atoms with Gasteiger partial charge < -0.3 is 5.32 Å². The Hall–Kier alpha value is -1.65. The molecule has 0 aliphatic heterocycles. The van der Waals surface area contributed by atoms with Crippen LogP contribution < -0.4 is 5.32 Å². The number of hydrogen-bond donors (Lipinski definition) is 1. The maximum absolute atomic E-state index is 6.33. The summed E-state index contributed by atoms with van der Waals surface area (Å²) in [7, 11) is 0. The van der Waals surface area contributed by atoms with Crippen LogP contribution in [0.3, 0.4) is 0 Å². The zero-order chi connectivity index (χ0) is 15.0. The van der Waals surface area contributed by atoms with Gasteiger partial charge in [-0.25, -0.2) is 9.97 Å². The number of benzene rings is 1. The molecule has 0 amide bonds. The fraction of sp³-hybridized carbons (Fsp3) is 0.250. The summed E-state index contributed by atoms with van der Waals surface area (Å²) in [4.78, 5) is 11.2. The number of hydrogen-bond acceptors (Lipinski definition) is 4. The Balaban J connectivity index is 1.95. The third-order valence-electron chi connectivity index (χ3n) is 3.63. The van der Waals surface area contributed by atoms with Crippen LogP contribution in [0, 0.1) is 13.8 Å². The molecular formula is C16H16ClN3S. The lowest BCUT2D eigenvalue weighted by Crippen LogP contribution is -2.09. The highest BCUT2D eigenvalue weighted by Gasteiger charge is 2.14. The molecule has 0 radical (unpaired) electrons. The van der Waals surface area contributed by atoms with Crippen molar-refractivity contribution in [3.05, 3.63) is 51.5 Å². The zero-order valence-electron chi connectivity index (χ0n) is 12.1. The fourth-order valence-electron chi connectivity index (χ4n) is 2.28. The first-order valence-electron chi connectivity index (χ1n) is 6.81. The van der Waals surface area contributed by atoms with E-state index >= 15 is 0 Å². The second-order valence-electron chi connectivity index (χ2n) is 5.08. The van der Waals surface area contributed by atoms with Gasteiger partial charge in [0.2, 0.25) is 5.95 Å². The molecule has 1 atom stereocenters. The van der Waals surface area contributed by atoms with Crippen molar-refractivity contribution in [1.29, 1.82) is 0 Å². The van der Waals surface area contributed by atoms with Crippen molar-refractivity contribution in [3.63, 3.8) is 0 Å². The van der Waals surface area contributed by atoms with E-state index in [1.807, 2.05) is 18.2 Å². The Bertz CT molecular complexity index is 783. The lowest BCUT2D eigenvalue weighted by molar-refractivity contribution is 0.864. The van der Waals surface area contributed by atoms with E-state index < -0.39 is 0 Å². The number of nitrogens with one attached hydrogen (secondary N) is 1. The number of fused-ring (bicyclic) bond motifs is 1. The second-order valence-corrected chi connectivity index (χ2v) is 6.64. The topological polar surface area (TPSA) is 37.8 Å². The molecule has 5 heteroatoms. The van der Waals surface area contributed by atoms with Crippen LogP contribution in [0.5, 0.6) is 0 Å². The normalized spacial score (nSPS) is 12.6. The molecule has 0 aliphatic rings. The third kappa shape index (κ3) is 2.74. The quantitative estimate of drug-likeness (QED) is 0.680. The van der Waals surface area contributed by atoms with Gasteiger partial charge in [-0.3, -0.25) is 0 Å². The van der Waals surface area contributed by atoms with Gasteiger partial charge in [0.15, 0.2) is 0 Å². The van der Waals surface area contributed by atoms with Crippen LogP contribution in [0.2, 0.25) is 5.15 Å². The third-order valence-corrected chi connectivity index (χ3v) is 5.00. The van der Waals surface area contributed by atoms with Crippen molar-refractivity contribution in [1.82, 2.24) is 9.97 Å². The molecule has 3 aromatic rings. The van der Waals surface area contributed by atoms with Crippen molar-refractivity contribution in [2.75, 3.05) is 5.32 Å². The summed E-state index contributed by atoms with van der Waals surface area (Å²) in [5.74, 6) is 0.574. The Morgan fingerprint density at radius 1 is 1.14 bits per heavy atom. The molecule has 3 rings (SSSR count). The highest BCUT2D eigenvalue weighted by Crippen LogP contribution is 2.34. The van der Waals surface area contributed by atoms with E-state index in [9.17, 15) is 0 Å². The number of anilines is 1. The van der Waals surface area contributed by atoms with E-state index in [-0.39, 0.29) is 6.04 Å². The molecule has 0 fully saturated rings. The van der Waals surface area contributed by atoms with Crippen molar-refractivity contribution in [2.24, 2.45) is 0 Å². The maximum Gasteiger partial charge on any atom is 0.225 e. The van der Waals surface area contributed by atoms with E-state index in [1.54, 1.807) is 11.3 Å². The SMILES string of the molecule is Cc1sc2nc(NC(C)c3ccccc3)nc(Cl)c2c1C. The summed E-state index contributed by atoms with van der Waals surface area (Å²) < 4.78 is 0. The van der Waals surface area contributed by atoms with Crippen LogP contribution in [-0.2, 0) is 0 Å². The number of aromatic nitrogens is 2. The number of thiophene rings is 1. The monoisotopic (exact) mass is 317 g/mol. The molecule has 0 bridgehead atoms. The van der Waals surface area contributed by atoms with Gasteiger partial charge in [0.25, 0.3) is 0 Å². The Morgan fingerprint density at radius 3 is 2.57 bits per heavy atom. The first-order chi connectivity index (χ1) is 10.1. The average molecular weight is 318 g/mol. The molecule has 2 heterocycles. The van der Waals surface area contributed by atoms with Crippen LogP contribution in [0.4, 0.5) is 5.95 Å². The van der Waals surface area contributed by atoms with E-state index in [4.69, 9.17) is 11.6 Å². The molecule has 0 aliphatic carbocycles. The summed E-state index contributed by atoms with van der Waals surface area (Å²) >= 11 is 7.98. The zero-order valence-corrected chi connectivity index (χ0v) is 13.7. The first kappa shape index (κ1) is 14.3. The predicted molar refractivity (Wildman–Crippen MR) is 90.4 cm³/mol. The molecule has 0 saturated carbocycles. The lowest BCUT2D eigenvalue weighted by atomic mass is 10.1. The Kier molecular flexibility index (Phi) is 3.83. The van der Waals surface area contributed by atoms with Crippen molar-refractivity contribution >= 4 is 39.1 Å². The van der Waals surface area contributed by atoms with Crippen LogP contribution >= 0.6 is 22.9 Å². The summed E-state index contributed by atoms with van der Waals surface area (Å²) in [5, 5.41) is 4.81. The summed E-state index contributed by atoms with van der Waals surface area (Å²) in [6.45, 7) is 6.22. The van der Waals surface area contributed by atoms with Gasteiger partial charge in [0.05, 0.1) is 11.4 Å². The summed E-state index contributed by atoms with van der Waals surface area (Å²) in [5.41, 5.74) is 2.36. The maximum atomic E-state index is 6.33. The molecule has 0 saturated heterocycles. The Labute approximate surface area is 133 Å². The second kappa shape index (κ2) is 5.62. The van der Waals surface area contributed by atoms with Crippen LogP contribution in [-0.4, -0.2) is 9.97 Å². The van der Waals surface area contributed by atoms with Gasteiger partial charge in [-0.05, 0) is 31.9 Å². The number of rotatable bonds is 3. The molecule has 0 spiro atoms. The molecular weight excluding hydrogens is 302 g/mol. The van der Waals surface area contributed by atoms with E-state index in [1.165, 1.54) is 16.0 Å². The molecule has 108 valence electrons. The fourth-order valence-corrected chi connectivity index (χ4v) is 3.68.